The Morgan fingerprint density at radius 3 is 2.27 bits per heavy atom. The van der Waals surface area contributed by atoms with E-state index in [1.807, 2.05) is 42.5 Å². The van der Waals surface area contributed by atoms with E-state index in [9.17, 15) is 4.79 Å². The number of hydrogen-bond donors (Lipinski definition) is 0. The van der Waals surface area contributed by atoms with Crippen LogP contribution >= 0.6 is 63.7 Å². The van der Waals surface area contributed by atoms with E-state index in [4.69, 9.17) is 0 Å². The molecule has 112 valence electrons. The maximum atomic E-state index is 12.0. The Labute approximate surface area is 163 Å². The fourth-order valence-corrected chi connectivity index (χ4v) is 4.03. The van der Waals surface area contributed by atoms with Crippen molar-refractivity contribution in [3.8, 4) is 0 Å². The fraction of sp³-hybridized carbons (Fsp3) is 0. The van der Waals surface area contributed by atoms with Crippen molar-refractivity contribution in [2.45, 2.75) is 0 Å². The van der Waals surface area contributed by atoms with Crippen LogP contribution in [-0.4, -0.2) is 5.78 Å². The van der Waals surface area contributed by atoms with E-state index < -0.39 is 0 Å². The number of benzene rings is 2. The predicted octanol–water partition coefficient (Wildman–Crippen LogP) is 6.99. The quantitative estimate of drug-likeness (QED) is 0.297. The lowest BCUT2D eigenvalue weighted by Crippen LogP contribution is -1.89. The second-order valence-electron chi connectivity index (χ2n) is 4.36. The zero-order chi connectivity index (χ0) is 16.1. The molecule has 0 atom stereocenters. The number of ketones is 1. The lowest BCUT2D eigenvalue weighted by Gasteiger charge is -2.06. The van der Waals surface area contributed by atoms with Crippen molar-refractivity contribution in [1.29, 1.82) is 0 Å². The second-order valence-corrected chi connectivity index (χ2v) is 7.66. The first-order valence-electron chi connectivity index (χ1n) is 6.27. The number of rotatable bonds is 4. The summed E-state index contributed by atoms with van der Waals surface area (Å²) < 4.78 is 3.45. The molecule has 2 aromatic carbocycles. The van der Waals surface area contributed by atoms with Gasteiger partial charge in [-0.15, -0.1) is 0 Å². The van der Waals surface area contributed by atoms with Gasteiger partial charge in [0.25, 0.3) is 0 Å². The highest BCUT2D eigenvalue weighted by Crippen LogP contribution is 2.38. The van der Waals surface area contributed by atoms with Gasteiger partial charge in [-0.05, 0) is 81.4 Å². The van der Waals surface area contributed by atoms with Crippen LogP contribution in [0.25, 0.3) is 10.6 Å². The van der Waals surface area contributed by atoms with E-state index in [1.165, 1.54) is 0 Å². The Kier molecular flexibility index (Phi) is 6.81. The van der Waals surface area contributed by atoms with Crippen LogP contribution in [0.4, 0.5) is 0 Å². The second kappa shape index (κ2) is 8.39. The molecule has 0 aliphatic heterocycles. The summed E-state index contributed by atoms with van der Waals surface area (Å²) in [5.41, 5.74) is 1.89. The van der Waals surface area contributed by atoms with E-state index in [1.54, 1.807) is 18.2 Å². The largest absolute Gasteiger partial charge is 0.290 e. The van der Waals surface area contributed by atoms with Crippen LogP contribution in [0.1, 0.15) is 11.1 Å². The van der Waals surface area contributed by atoms with Crippen molar-refractivity contribution in [2.75, 3.05) is 0 Å². The van der Waals surface area contributed by atoms with Crippen molar-refractivity contribution >= 4 is 80.1 Å². The minimum Gasteiger partial charge on any atom is -0.290 e. The summed E-state index contributed by atoms with van der Waals surface area (Å²) in [5, 5.41) is 0. The van der Waals surface area contributed by atoms with Crippen molar-refractivity contribution in [3.63, 3.8) is 0 Å². The summed E-state index contributed by atoms with van der Waals surface area (Å²) in [4.78, 5) is 12.0. The zero-order valence-electron chi connectivity index (χ0n) is 11.2. The first kappa shape index (κ1) is 17.9. The molecule has 0 heterocycles. The molecule has 0 aliphatic rings. The molecule has 0 unspecified atom stereocenters. The highest BCUT2D eigenvalue weighted by atomic mass is 79.9. The Morgan fingerprint density at radius 2 is 1.59 bits per heavy atom. The molecule has 0 aromatic heterocycles. The van der Waals surface area contributed by atoms with Crippen LogP contribution in [0.15, 0.2) is 68.0 Å². The first-order chi connectivity index (χ1) is 10.5. The molecule has 0 saturated heterocycles. The molecule has 0 fully saturated rings. The first-order valence-corrected chi connectivity index (χ1v) is 9.44. The summed E-state index contributed by atoms with van der Waals surface area (Å²) in [6.07, 6.45) is 4.91. The SMILES string of the molecule is O=C(C=Cc1ccccc1)C=C(Br)c1ccc(Br)c(Br)c1Br. The van der Waals surface area contributed by atoms with Crippen LogP contribution in [0.5, 0.6) is 0 Å². The van der Waals surface area contributed by atoms with Gasteiger partial charge in [0.2, 0.25) is 0 Å². The molecule has 0 radical (unpaired) electrons. The minimum absolute atomic E-state index is 0.0818. The third-order valence-electron chi connectivity index (χ3n) is 2.80. The molecule has 0 bridgehead atoms. The van der Waals surface area contributed by atoms with Gasteiger partial charge in [0, 0.05) is 29.5 Å². The molecule has 22 heavy (non-hydrogen) atoms. The fourth-order valence-electron chi connectivity index (χ4n) is 1.70. The van der Waals surface area contributed by atoms with Crippen molar-refractivity contribution < 1.29 is 4.79 Å². The smallest absolute Gasteiger partial charge is 0.179 e. The van der Waals surface area contributed by atoms with Gasteiger partial charge >= 0.3 is 0 Å². The van der Waals surface area contributed by atoms with Crippen LogP contribution in [0.2, 0.25) is 0 Å². The van der Waals surface area contributed by atoms with Gasteiger partial charge in [0.15, 0.2) is 5.78 Å². The van der Waals surface area contributed by atoms with Crippen molar-refractivity contribution in [1.82, 2.24) is 0 Å². The van der Waals surface area contributed by atoms with Gasteiger partial charge in [-0.1, -0.05) is 42.5 Å². The average molecular weight is 550 g/mol. The lowest BCUT2D eigenvalue weighted by atomic mass is 10.1. The highest BCUT2D eigenvalue weighted by Gasteiger charge is 2.10. The van der Waals surface area contributed by atoms with Gasteiger partial charge in [-0.3, -0.25) is 4.79 Å². The van der Waals surface area contributed by atoms with Crippen LogP contribution in [0, 0.1) is 0 Å². The van der Waals surface area contributed by atoms with E-state index in [0.717, 1.165) is 29.0 Å². The van der Waals surface area contributed by atoms with E-state index in [2.05, 4.69) is 63.7 Å². The summed E-state index contributed by atoms with van der Waals surface area (Å²) in [6.45, 7) is 0. The predicted molar refractivity (Wildman–Crippen MR) is 107 cm³/mol. The molecule has 2 aromatic rings. The third-order valence-corrected chi connectivity index (χ3v) is 6.83. The maximum absolute atomic E-state index is 12.0. The van der Waals surface area contributed by atoms with Crippen molar-refractivity contribution in [3.05, 3.63) is 79.2 Å². The molecule has 2 rings (SSSR count). The van der Waals surface area contributed by atoms with Gasteiger partial charge < -0.3 is 0 Å². The van der Waals surface area contributed by atoms with Crippen LogP contribution in [0.3, 0.4) is 0 Å². The molecular weight excluding hydrogens is 540 g/mol. The maximum Gasteiger partial charge on any atom is 0.179 e. The molecule has 0 saturated carbocycles. The number of carbonyl (C=O) groups is 1. The summed E-state index contributed by atoms with van der Waals surface area (Å²) in [6, 6.07) is 13.6. The summed E-state index contributed by atoms with van der Waals surface area (Å²) >= 11 is 13.9. The van der Waals surface area contributed by atoms with E-state index in [-0.39, 0.29) is 5.78 Å². The number of allylic oxidation sites excluding steroid dienone is 2. The number of halogens is 4. The van der Waals surface area contributed by atoms with E-state index >= 15 is 0 Å². The van der Waals surface area contributed by atoms with Crippen molar-refractivity contribution in [2.24, 2.45) is 0 Å². The Hall–Kier alpha value is -0.490. The Balaban J connectivity index is 2.20. The topological polar surface area (TPSA) is 17.1 Å². The highest BCUT2D eigenvalue weighted by molar-refractivity contribution is 9.15. The molecular formula is C17H10Br4O. The van der Waals surface area contributed by atoms with E-state index in [0.29, 0.717) is 0 Å². The van der Waals surface area contributed by atoms with Crippen LogP contribution < -0.4 is 0 Å². The molecule has 0 spiro atoms. The van der Waals surface area contributed by atoms with Gasteiger partial charge in [0.05, 0.1) is 0 Å². The zero-order valence-corrected chi connectivity index (χ0v) is 17.5. The number of hydrogen-bond acceptors (Lipinski definition) is 1. The molecule has 0 aliphatic carbocycles. The summed E-state index contributed by atoms with van der Waals surface area (Å²) in [5.74, 6) is -0.0818. The minimum atomic E-state index is -0.0818. The number of carbonyl (C=O) groups excluding carboxylic acids is 1. The van der Waals surface area contributed by atoms with Gasteiger partial charge in [-0.25, -0.2) is 0 Å². The Morgan fingerprint density at radius 1 is 0.909 bits per heavy atom. The molecule has 1 nitrogen and oxygen atoms in total. The summed E-state index contributed by atoms with van der Waals surface area (Å²) in [7, 11) is 0. The standard InChI is InChI=1S/C17H10Br4O/c18-14-9-8-13(16(20)17(14)21)15(19)10-12(22)7-6-11-4-2-1-3-5-11/h1-10H. The normalized spacial score (nSPS) is 11.9. The third kappa shape index (κ3) is 4.75. The monoisotopic (exact) mass is 546 g/mol. The molecule has 0 amide bonds. The van der Waals surface area contributed by atoms with Crippen LogP contribution in [-0.2, 0) is 4.79 Å². The molecule has 5 heteroatoms. The molecule has 0 N–H and O–H groups in total. The van der Waals surface area contributed by atoms with Gasteiger partial charge in [-0.2, -0.15) is 0 Å². The van der Waals surface area contributed by atoms with Gasteiger partial charge in [0.1, 0.15) is 0 Å². The lowest BCUT2D eigenvalue weighted by molar-refractivity contribution is -0.110. The Bertz CT molecular complexity index is 749. The average Bonchev–Trinajstić information content (AvgIpc) is 2.51.